The zero-order valence-corrected chi connectivity index (χ0v) is 13.6. The Balaban J connectivity index is 1.72. The van der Waals surface area contributed by atoms with Gasteiger partial charge in [0.25, 0.3) is 0 Å². The van der Waals surface area contributed by atoms with Gasteiger partial charge in [-0.25, -0.2) is 8.42 Å². The molecule has 3 rings (SSSR count). The summed E-state index contributed by atoms with van der Waals surface area (Å²) in [5, 5.41) is 12.4. The van der Waals surface area contributed by atoms with E-state index in [4.69, 9.17) is 0 Å². The molecule has 2 aromatic rings. The van der Waals surface area contributed by atoms with Crippen molar-refractivity contribution in [1.82, 2.24) is 24.1 Å². The molecule has 120 valence electrons. The number of aromatic nitrogens is 4. The van der Waals surface area contributed by atoms with Crippen LogP contribution < -0.4 is 4.90 Å². The molecule has 22 heavy (non-hydrogen) atoms. The fourth-order valence-corrected chi connectivity index (χ4v) is 4.17. The van der Waals surface area contributed by atoms with E-state index in [0.717, 1.165) is 11.5 Å². The molecule has 1 fully saturated rings. The van der Waals surface area contributed by atoms with Crippen LogP contribution in [-0.2, 0) is 10.0 Å². The van der Waals surface area contributed by atoms with Gasteiger partial charge in [-0.2, -0.15) is 13.9 Å². The summed E-state index contributed by atoms with van der Waals surface area (Å²) in [7, 11) is -3.11. The van der Waals surface area contributed by atoms with Crippen LogP contribution in [0.1, 0.15) is 19.2 Å². The number of aryl methyl sites for hydroxylation is 1. The van der Waals surface area contributed by atoms with Crippen LogP contribution in [0.5, 0.6) is 0 Å². The largest absolute Gasteiger partial charge is 0.367 e. The van der Waals surface area contributed by atoms with Gasteiger partial charge in [-0.15, -0.1) is 10.2 Å². The summed E-state index contributed by atoms with van der Waals surface area (Å²) in [6, 6.07) is 1.93. The number of nitrogens with zero attached hydrogens (tertiary/aromatic N) is 6. The zero-order valence-electron chi connectivity index (χ0n) is 12.8. The second kappa shape index (κ2) is 5.81. The Labute approximate surface area is 129 Å². The Morgan fingerprint density at radius 1 is 1.18 bits per heavy atom. The molecule has 1 saturated heterocycles. The highest BCUT2D eigenvalue weighted by molar-refractivity contribution is 7.89. The molecular formula is C13H20N6O2S. The van der Waals surface area contributed by atoms with Crippen LogP contribution in [0.2, 0.25) is 0 Å². The van der Waals surface area contributed by atoms with Crippen molar-refractivity contribution in [1.29, 1.82) is 0 Å². The van der Waals surface area contributed by atoms with Crippen LogP contribution in [0.4, 0.5) is 5.69 Å². The monoisotopic (exact) mass is 324 g/mol. The van der Waals surface area contributed by atoms with Gasteiger partial charge in [0.1, 0.15) is 0 Å². The van der Waals surface area contributed by atoms with Gasteiger partial charge in [0, 0.05) is 32.2 Å². The maximum atomic E-state index is 12.1. The van der Waals surface area contributed by atoms with Gasteiger partial charge >= 0.3 is 0 Å². The van der Waals surface area contributed by atoms with Crippen LogP contribution in [0.15, 0.2) is 12.3 Å². The summed E-state index contributed by atoms with van der Waals surface area (Å²) < 4.78 is 27.4. The minimum atomic E-state index is -3.11. The fraction of sp³-hybridized carbons (Fsp3) is 0.615. The molecule has 0 aliphatic carbocycles. The number of rotatable bonds is 4. The third-order valence-electron chi connectivity index (χ3n) is 3.86. The zero-order chi connectivity index (χ0) is 15.7. The molecule has 1 aliphatic rings. The summed E-state index contributed by atoms with van der Waals surface area (Å²) in [6.07, 6.45) is 2.43. The van der Waals surface area contributed by atoms with E-state index in [2.05, 4.69) is 20.2 Å². The fourth-order valence-electron chi connectivity index (χ4n) is 2.68. The lowest BCUT2D eigenvalue weighted by molar-refractivity contribution is 0.384. The molecule has 8 nitrogen and oxygen atoms in total. The van der Waals surface area contributed by atoms with Crippen LogP contribution in [0.25, 0.3) is 5.65 Å². The lowest BCUT2D eigenvalue weighted by Gasteiger charge is -2.35. The predicted molar refractivity (Wildman–Crippen MR) is 83.4 cm³/mol. The number of anilines is 1. The highest BCUT2D eigenvalue weighted by atomic mass is 32.2. The molecule has 0 amide bonds. The highest BCUT2D eigenvalue weighted by Crippen LogP contribution is 2.18. The number of hydrogen-bond donors (Lipinski definition) is 0. The van der Waals surface area contributed by atoms with Crippen molar-refractivity contribution in [3.05, 3.63) is 18.1 Å². The molecule has 0 aromatic carbocycles. The molecule has 0 radical (unpaired) electrons. The van der Waals surface area contributed by atoms with Crippen molar-refractivity contribution in [3.63, 3.8) is 0 Å². The number of fused-ring (bicyclic) bond motifs is 1. The molecular weight excluding hydrogens is 304 g/mol. The molecule has 0 saturated carbocycles. The molecule has 1 aliphatic heterocycles. The van der Waals surface area contributed by atoms with E-state index >= 15 is 0 Å². The molecule has 3 heterocycles. The van der Waals surface area contributed by atoms with Gasteiger partial charge in [0.2, 0.25) is 10.0 Å². The second-order valence-corrected chi connectivity index (χ2v) is 7.52. The molecule has 0 bridgehead atoms. The molecule has 0 spiro atoms. The lowest BCUT2D eigenvalue weighted by Crippen LogP contribution is -2.49. The van der Waals surface area contributed by atoms with Gasteiger partial charge in [-0.1, -0.05) is 6.92 Å². The summed E-state index contributed by atoms with van der Waals surface area (Å²) in [5.41, 5.74) is 1.66. The summed E-state index contributed by atoms with van der Waals surface area (Å²) in [4.78, 5) is 2.13. The molecule has 9 heteroatoms. The Hall–Kier alpha value is -1.74. The number of sulfonamides is 1. The first-order valence-electron chi connectivity index (χ1n) is 7.42. The number of hydrogen-bond acceptors (Lipinski definition) is 6. The van der Waals surface area contributed by atoms with Crippen LogP contribution >= 0.6 is 0 Å². The molecule has 2 aromatic heterocycles. The topological polar surface area (TPSA) is 83.7 Å². The Bertz CT molecular complexity index is 764. The van der Waals surface area contributed by atoms with E-state index < -0.39 is 10.0 Å². The van der Waals surface area contributed by atoms with Crippen LogP contribution in [-0.4, -0.2) is 64.5 Å². The average Bonchev–Trinajstić information content (AvgIpc) is 2.88. The number of piperazine rings is 1. The SMILES string of the molecule is CCCS(=O)(=O)N1CCN(c2cnn3c(C)nnc3c2)CC1. The van der Waals surface area contributed by atoms with E-state index in [0.29, 0.717) is 38.2 Å². The summed E-state index contributed by atoms with van der Waals surface area (Å²) in [6.45, 7) is 6.08. The minimum Gasteiger partial charge on any atom is -0.367 e. The Kier molecular flexibility index (Phi) is 4.00. The smallest absolute Gasteiger partial charge is 0.214 e. The van der Waals surface area contributed by atoms with Crippen molar-refractivity contribution in [2.75, 3.05) is 36.8 Å². The van der Waals surface area contributed by atoms with Gasteiger partial charge in [0.05, 0.1) is 17.6 Å². The lowest BCUT2D eigenvalue weighted by atomic mass is 10.3. The Morgan fingerprint density at radius 3 is 2.59 bits per heavy atom. The first kappa shape index (κ1) is 15.2. The predicted octanol–water partition coefficient (Wildman–Crippen LogP) is 0.295. The first-order chi connectivity index (χ1) is 10.5. The standard InChI is InChI=1S/C13H20N6O2S/c1-3-8-22(20,21)18-6-4-17(5-7-18)12-9-13-16-15-11(2)19(13)14-10-12/h9-10H,3-8H2,1-2H3. The van der Waals surface area contributed by atoms with E-state index in [1.165, 1.54) is 0 Å². The molecule has 0 N–H and O–H groups in total. The van der Waals surface area contributed by atoms with Crippen molar-refractivity contribution >= 4 is 21.4 Å². The first-order valence-corrected chi connectivity index (χ1v) is 9.03. The quantitative estimate of drug-likeness (QED) is 0.804. The third kappa shape index (κ3) is 2.78. The normalized spacial score (nSPS) is 17.3. The summed E-state index contributed by atoms with van der Waals surface area (Å²) in [5.74, 6) is 0.969. The Morgan fingerprint density at radius 2 is 1.91 bits per heavy atom. The average molecular weight is 324 g/mol. The van der Waals surface area contributed by atoms with Crippen molar-refractivity contribution < 1.29 is 8.42 Å². The van der Waals surface area contributed by atoms with Gasteiger partial charge in [-0.05, 0) is 13.3 Å². The molecule has 0 atom stereocenters. The van der Waals surface area contributed by atoms with Crippen molar-refractivity contribution in [2.24, 2.45) is 0 Å². The van der Waals surface area contributed by atoms with Gasteiger partial charge in [0.15, 0.2) is 11.5 Å². The van der Waals surface area contributed by atoms with Gasteiger partial charge < -0.3 is 4.90 Å². The molecule has 0 unspecified atom stereocenters. The summed E-state index contributed by atoms with van der Waals surface area (Å²) >= 11 is 0. The van der Waals surface area contributed by atoms with E-state index in [1.807, 2.05) is 19.9 Å². The maximum Gasteiger partial charge on any atom is 0.214 e. The van der Waals surface area contributed by atoms with E-state index in [-0.39, 0.29) is 5.75 Å². The van der Waals surface area contributed by atoms with Crippen molar-refractivity contribution in [3.8, 4) is 0 Å². The van der Waals surface area contributed by atoms with E-state index in [1.54, 1.807) is 15.0 Å². The van der Waals surface area contributed by atoms with Crippen molar-refractivity contribution in [2.45, 2.75) is 20.3 Å². The minimum absolute atomic E-state index is 0.222. The maximum absolute atomic E-state index is 12.1. The van der Waals surface area contributed by atoms with E-state index in [9.17, 15) is 8.42 Å². The third-order valence-corrected chi connectivity index (χ3v) is 5.94. The van der Waals surface area contributed by atoms with Crippen LogP contribution in [0, 0.1) is 6.92 Å². The second-order valence-electron chi connectivity index (χ2n) is 5.43. The highest BCUT2D eigenvalue weighted by Gasteiger charge is 2.26. The van der Waals surface area contributed by atoms with Crippen LogP contribution in [0.3, 0.4) is 0 Å². The van der Waals surface area contributed by atoms with Gasteiger partial charge in [-0.3, -0.25) is 0 Å².